The van der Waals surface area contributed by atoms with Gasteiger partial charge in [0.25, 0.3) is 24.4 Å². The van der Waals surface area contributed by atoms with E-state index in [1.54, 1.807) is 11.0 Å². The van der Waals surface area contributed by atoms with E-state index in [4.69, 9.17) is 24.5 Å². The molecule has 4 aliphatic rings. The maximum absolute atomic E-state index is 13.1. The van der Waals surface area contributed by atoms with Gasteiger partial charge in [0, 0.05) is 31.7 Å². The highest BCUT2D eigenvalue weighted by Gasteiger charge is 2.51. The van der Waals surface area contributed by atoms with Gasteiger partial charge in [0.1, 0.15) is 11.7 Å². The molecule has 0 aromatic carbocycles. The molecule has 3 saturated heterocycles. The van der Waals surface area contributed by atoms with Crippen LogP contribution in [0, 0.1) is 5.41 Å². The van der Waals surface area contributed by atoms with Crippen LogP contribution in [0.1, 0.15) is 66.6 Å². The number of piperidine rings is 1. The molecule has 3 fully saturated rings. The minimum Gasteiger partial charge on any atom is -0.483 e. The zero-order valence-electron chi connectivity index (χ0n) is 20.4. The molecule has 0 radical (unpaired) electrons. The number of fused-ring (bicyclic) bond motifs is 1. The number of cyclic esters (lactones) is 1. The average Bonchev–Trinajstić information content (AvgIpc) is 3.47. The highest BCUT2D eigenvalue weighted by molar-refractivity contribution is 5.94. The summed E-state index contributed by atoms with van der Waals surface area (Å²) in [5.74, 6) is -0.301. The van der Waals surface area contributed by atoms with E-state index in [0.29, 0.717) is 25.9 Å². The zero-order valence-corrected chi connectivity index (χ0v) is 20.4. The van der Waals surface area contributed by atoms with Gasteiger partial charge in [-0.05, 0) is 76.1 Å². The first kappa shape index (κ1) is 27.4. The lowest BCUT2D eigenvalue weighted by Gasteiger charge is -2.36. The van der Waals surface area contributed by atoms with Crippen molar-refractivity contribution in [3.63, 3.8) is 0 Å². The molecule has 0 saturated carbocycles. The van der Waals surface area contributed by atoms with Crippen molar-refractivity contribution in [1.82, 2.24) is 14.8 Å². The van der Waals surface area contributed by atoms with E-state index in [-0.39, 0.29) is 42.0 Å². The van der Waals surface area contributed by atoms with Crippen molar-refractivity contribution in [2.75, 3.05) is 32.7 Å². The maximum Gasteiger partial charge on any atom is 0.312 e. The number of aryl methyl sites for hydroxylation is 2. The molecule has 198 valence electrons. The maximum atomic E-state index is 13.1. The summed E-state index contributed by atoms with van der Waals surface area (Å²) < 4.78 is 5.74. The fourth-order valence-electron chi connectivity index (χ4n) is 5.74. The van der Waals surface area contributed by atoms with Gasteiger partial charge in [0.2, 0.25) is 0 Å². The molecular weight excluding hydrogens is 470 g/mol. The first-order valence-electron chi connectivity index (χ1n) is 12.5. The summed E-state index contributed by atoms with van der Waals surface area (Å²) in [4.78, 5) is 62.1. The lowest BCUT2D eigenvalue weighted by molar-refractivity contribution is -0.151. The minimum absolute atomic E-state index is 0.0265. The summed E-state index contributed by atoms with van der Waals surface area (Å²) in [6, 6.07) is 1.80. The number of hydrogen-bond donors (Lipinski definition) is 3. The Bertz CT molecular complexity index is 988. The monoisotopic (exact) mass is 505 g/mol. The predicted octanol–water partition coefficient (Wildman–Crippen LogP) is 1.29. The van der Waals surface area contributed by atoms with Crippen LogP contribution in [0.25, 0.3) is 0 Å². The third-order valence-corrected chi connectivity index (χ3v) is 7.56. The number of aromatic nitrogens is 1. The highest BCUT2D eigenvalue weighted by Crippen LogP contribution is 2.43. The summed E-state index contributed by atoms with van der Waals surface area (Å²) in [6.45, 7) is 3.53. The van der Waals surface area contributed by atoms with Crippen LogP contribution in [-0.2, 0) is 32.0 Å². The highest BCUT2D eigenvalue weighted by atomic mass is 16.6. The molecule has 36 heavy (non-hydrogen) atoms. The molecule has 1 aromatic rings. The van der Waals surface area contributed by atoms with Crippen LogP contribution < -0.4 is 5.56 Å². The van der Waals surface area contributed by atoms with Crippen molar-refractivity contribution >= 4 is 24.8 Å². The van der Waals surface area contributed by atoms with Crippen LogP contribution >= 0.6 is 0 Å². The van der Waals surface area contributed by atoms with Crippen LogP contribution in [0.3, 0.4) is 0 Å². The molecule has 1 atom stereocenters. The van der Waals surface area contributed by atoms with Crippen molar-refractivity contribution < 1.29 is 34.1 Å². The van der Waals surface area contributed by atoms with E-state index in [1.165, 1.54) is 12.8 Å². The Labute approximate surface area is 209 Å². The van der Waals surface area contributed by atoms with Gasteiger partial charge >= 0.3 is 5.97 Å². The molecule has 5 rings (SSSR count). The Morgan fingerprint density at radius 1 is 1.03 bits per heavy atom. The van der Waals surface area contributed by atoms with Crippen molar-refractivity contribution in [3.8, 4) is 0 Å². The Morgan fingerprint density at radius 2 is 1.64 bits per heavy atom. The van der Waals surface area contributed by atoms with Crippen LogP contribution in [0.5, 0.6) is 0 Å². The summed E-state index contributed by atoms with van der Waals surface area (Å²) in [7, 11) is 0. The molecule has 1 aliphatic carbocycles. The number of nitrogens with zero attached hydrogens (tertiary/aromatic N) is 2. The zero-order chi connectivity index (χ0) is 26.1. The molecular formula is C25H35N3O8. The van der Waals surface area contributed by atoms with E-state index in [2.05, 4.69) is 9.88 Å². The second-order valence-corrected chi connectivity index (χ2v) is 9.75. The topological polar surface area (TPSA) is 157 Å². The Kier molecular flexibility index (Phi) is 9.63. The Morgan fingerprint density at radius 3 is 2.28 bits per heavy atom. The van der Waals surface area contributed by atoms with Gasteiger partial charge in [-0.3, -0.25) is 28.9 Å². The van der Waals surface area contributed by atoms with E-state index in [1.807, 2.05) is 0 Å². The summed E-state index contributed by atoms with van der Waals surface area (Å²) in [5, 5.41) is 13.8. The first-order chi connectivity index (χ1) is 17.4. The first-order valence-corrected chi connectivity index (χ1v) is 12.5. The van der Waals surface area contributed by atoms with Crippen molar-refractivity contribution in [2.45, 2.75) is 63.9 Å². The van der Waals surface area contributed by atoms with Gasteiger partial charge in [-0.25, -0.2) is 0 Å². The number of carbonyl (C=O) groups is 4. The average molecular weight is 506 g/mol. The number of nitrogens with one attached hydrogen (secondary N) is 1. The number of ether oxygens (including phenoxy) is 1. The number of hydrogen-bond acceptors (Lipinski definition) is 7. The van der Waals surface area contributed by atoms with E-state index in [9.17, 15) is 14.4 Å². The van der Waals surface area contributed by atoms with Crippen LogP contribution in [0.4, 0.5) is 0 Å². The quantitative estimate of drug-likeness (QED) is 0.407. The molecule has 0 bridgehead atoms. The number of carboxylic acid groups (broad SMARTS) is 2. The number of H-pyrrole nitrogens is 1. The second kappa shape index (κ2) is 12.7. The fourth-order valence-corrected chi connectivity index (χ4v) is 5.74. The summed E-state index contributed by atoms with van der Waals surface area (Å²) >= 11 is 0. The molecule has 1 amide bonds. The lowest BCUT2D eigenvalue weighted by atomic mass is 9.76. The minimum atomic E-state index is -0.455. The number of esters is 1. The second-order valence-electron chi connectivity index (χ2n) is 9.75. The number of rotatable bonds is 3. The number of pyridine rings is 1. The standard InChI is InChI=1S/C23H31N3O4.2CH2O2/c27-20-18(13-16-5-1-2-6-19(16)24-20)21(28)26-11-7-23(8-12-26)14-17(30-22(23)29)15-25-9-3-4-10-25;2*2-1-3/h13,17H,1-12,14-15H2,(H,24,27);2*1H,(H,2,3). The largest absolute Gasteiger partial charge is 0.483 e. The lowest BCUT2D eigenvalue weighted by Crippen LogP contribution is -2.46. The smallest absolute Gasteiger partial charge is 0.312 e. The number of aromatic amines is 1. The van der Waals surface area contributed by atoms with Gasteiger partial charge in [-0.1, -0.05) is 0 Å². The number of carbonyl (C=O) groups excluding carboxylic acids is 2. The van der Waals surface area contributed by atoms with Crippen molar-refractivity contribution in [2.24, 2.45) is 5.41 Å². The number of likely N-dealkylation sites (tertiary alicyclic amines) is 2. The van der Waals surface area contributed by atoms with Crippen molar-refractivity contribution in [1.29, 1.82) is 0 Å². The van der Waals surface area contributed by atoms with Crippen LogP contribution in [-0.4, -0.2) is 88.6 Å². The van der Waals surface area contributed by atoms with Gasteiger partial charge in [0.05, 0.1) is 5.41 Å². The number of amides is 1. The van der Waals surface area contributed by atoms with Gasteiger partial charge in [0.15, 0.2) is 0 Å². The van der Waals surface area contributed by atoms with E-state index in [0.717, 1.165) is 63.0 Å². The Balaban J connectivity index is 0.000000550. The molecule has 4 heterocycles. The van der Waals surface area contributed by atoms with Crippen LogP contribution in [0.15, 0.2) is 10.9 Å². The normalized spacial score (nSPS) is 22.4. The predicted molar refractivity (Wildman–Crippen MR) is 129 cm³/mol. The molecule has 3 N–H and O–H groups in total. The van der Waals surface area contributed by atoms with Crippen LogP contribution in [0.2, 0.25) is 0 Å². The summed E-state index contributed by atoms with van der Waals surface area (Å²) in [5.41, 5.74) is 1.59. The fraction of sp³-hybridized carbons (Fsp3) is 0.640. The molecule has 11 heteroatoms. The molecule has 1 aromatic heterocycles. The molecule has 1 spiro atoms. The Hall–Kier alpha value is -3.21. The summed E-state index contributed by atoms with van der Waals surface area (Å²) in [6.07, 6.45) is 8.40. The molecule has 3 aliphatic heterocycles. The van der Waals surface area contributed by atoms with Crippen molar-refractivity contribution in [3.05, 3.63) is 33.2 Å². The molecule has 11 nitrogen and oxygen atoms in total. The van der Waals surface area contributed by atoms with E-state index < -0.39 is 5.41 Å². The van der Waals surface area contributed by atoms with E-state index >= 15 is 0 Å². The third kappa shape index (κ3) is 6.31. The van der Waals surface area contributed by atoms with Gasteiger partial charge < -0.3 is 24.8 Å². The molecule has 1 unspecified atom stereocenters. The van der Waals surface area contributed by atoms with Gasteiger partial charge in [-0.15, -0.1) is 0 Å². The third-order valence-electron chi connectivity index (χ3n) is 7.56. The van der Waals surface area contributed by atoms with Gasteiger partial charge in [-0.2, -0.15) is 0 Å². The SMILES string of the molecule is O=C(c1cc2c([nH]c1=O)CCCC2)N1CCC2(CC1)CC(CN1CCCC1)OC2=O.O=CO.O=CO.